The molecule has 0 radical (unpaired) electrons. The minimum Gasteiger partial charge on any atom is -0.478 e. The van der Waals surface area contributed by atoms with Gasteiger partial charge in [-0.2, -0.15) is 0 Å². The molecule has 0 saturated carbocycles. The van der Waals surface area contributed by atoms with E-state index in [0.29, 0.717) is 21.3 Å². The number of halogens is 3. The van der Waals surface area contributed by atoms with E-state index in [0.717, 1.165) is 0 Å². The summed E-state index contributed by atoms with van der Waals surface area (Å²) >= 11 is 12.0. The van der Waals surface area contributed by atoms with Crippen molar-refractivity contribution in [3.05, 3.63) is 63.4 Å². The number of benzene rings is 2. The van der Waals surface area contributed by atoms with Gasteiger partial charge >= 0.3 is 5.97 Å². The molecule has 0 aliphatic rings. The highest BCUT2D eigenvalue weighted by atomic mass is 35.5. The molecule has 0 aliphatic carbocycles. The highest BCUT2D eigenvalue weighted by Crippen LogP contribution is 2.30. The smallest absolute Gasteiger partial charge is 0.338 e. The summed E-state index contributed by atoms with van der Waals surface area (Å²) in [5.74, 6) is -2.07. The lowest BCUT2D eigenvalue weighted by atomic mass is 10.1. The second-order valence-corrected chi connectivity index (χ2v) is 4.88. The second-order valence-electron chi connectivity index (χ2n) is 4.07. The topological polar surface area (TPSA) is 49.3 Å². The van der Waals surface area contributed by atoms with Crippen LogP contribution in [0.4, 0.5) is 10.1 Å². The Morgan fingerprint density at radius 3 is 2.40 bits per heavy atom. The predicted molar refractivity (Wildman–Crippen MR) is 77.1 cm³/mol. The summed E-state index contributed by atoms with van der Waals surface area (Å²) in [6.07, 6.45) is 0. The van der Waals surface area contributed by atoms with Crippen LogP contribution in [0.15, 0.2) is 36.4 Å². The molecule has 0 heterocycles. The molecule has 2 aromatic carbocycles. The lowest BCUT2D eigenvalue weighted by molar-refractivity contribution is 0.0692. The number of para-hydroxylation sites is 1. The summed E-state index contributed by atoms with van der Waals surface area (Å²) in [4.78, 5) is 10.7. The Morgan fingerprint density at radius 2 is 1.85 bits per heavy atom. The average Bonchev–Trinajstić information content (AvgIpc) is 2.37. The van der Waals surface area contributed by atoms with Gasteiger partial charge in [-0.3, -0.25) is 0 Å². The van der Waals surface area contributed by atoms with Crippen molar-refractivity contribution in [3.8, 4) is 0 Å². The van der Waals surface area contributed by atoms with Gasteiger partial charge in [0.15, 0.2) is 0 Å². The minimum atomic E-state index is -1.30. The third-order valence-electron chi connectivity index (χ3n) is 2.70. The number of nitrogens with one attached hydrogen (secondary N) is 1. The first kappa shape index (κ1) is 14.6. The molecule has 0 saturated heterocycles. The Labute approximate surface area is 124 Å². The van der Waals surface area contributed by atoms with Gasteiger partial charge in [0.2, 0.25) is 0 Å². The zero-order chi connectivity index (χ0) is 14.7. The monoisotopic (exact) mass is 313 g/mol. The van der Waals surface area contributed by atoms with Gasteiger partial charge in [0.05, 0.1) is 21.3 Å². The molecule has 0 spiro atoms. The number of rotatable bonds is 4. The van der Waals surface area contributed by atoms with Gasteiger partial charge in [0, 0.05) is 6.54 Å². The molecule has 0 amide bonds. The molecule has 6 heteroatoms. The Hall–Kier alpha value is -1.78. The molecule has 0 aromatic heterocycles. The third-order valence-corrected chi connectivity index (χ3v) is 3.33. The van der Waals surface area contributed by atoms with Crippen molar-refractivity contribution in [2.24, 2.45) is 0 Å². The fourth-order valence-corrected chi connectivity index (χ4v) is 2.23. The molecule has 2 aromatic rings. The predicted octanol–water partition coefficient (Wildman–Crippen LogP) is 4.44. The van der Waals surface area contributed by atoms with E-state index in [4.69, 9.17) is 28.3 Å². The maximum Gasteiger partial charge on any atom is 0.338 e. The van der Waals surface area contributed by atoms with Crippen LogP contribution < -0.4 is 5.32 Å². The SMILES string of the molecule is O=C(O)c1ccc(CNc2c(Cl)cccc2Cl)cc1F. The fourth-order valence-electron chi connectivity index (χ4n) is 1.70. The largest absolute Gasteiger partial charge is 0.478 e. The zero-order valence-electron chi connectivity index (χ0n) is 10.2. The van der Waals surface area contributed by atoms with Crippen LogP contribution in [0, 0.1) is 5.82 Å². The van der Waals surface area contributed by atoms with Crippen LogP contribution in [0.5, 0.6) is 0 Å². The van der Waals surface area contributed by atoms with Crippen LogP contribution in [0.25, 0.3) is 0 Å². The molecule has 0 bridgehead atoms. The number of carboxylic acids is 1. The van der Waals surface area contributed by atoms with Crippen LogP contribution in [0.1, 0.15) is 15.9 Å². The molecule has 0 unspecified atom stereocenters. The zero-order valence-corrected chi connectivity index (χ0v) is 11.7. The van der Waals surface area contributed by atoms with Gasteiger partial charge < -0.3 is 10.4 Å². The number of carboxylic acid groups (broad SMARTS) is 1. The highest BCUT2D eigenvalue weighted by molar-refractivity contribution is 6.39. The summed E-state index contributed by atoms with van der Waals surface area (Å²) < 4.78 is 13.5. The van der Waals surface area contributed by atoms with E-state index in [1.54, 1.807) is 18.2 Å². The molecule has 2 N–H and O–H groups in total. The first-order valence-corrected chi connectivity index (χ1v) is 6.44. The molecular weight excluding hydrogens is 304 g/mol. The van der Waals surface area contributed by atoms with E-state index < -0.39 is 11.8 Å². The summed E-state index contributed by atoms with van der Waals surface area (Å²) in [6.45, 7) is 0.278. The highest BCUT2D eigenvalue weighted by Gasteiger charge is 2.11. The van der Waals surface area contributed by atoms with Crippen molar-refractivity contribution < 1.29 is 14.3 Å². The molecule has 2 rings (SSSR count). The lowest BCUT2D eigenvalue weighted by Crippen LogP contribution is -2.04. The first-order valence-electron chi connectivity index (χ1n) is 5.68. The number of anilines is 1. The Morgan fingerprint density at radius 1 is 1.20 bits per heavy atom. The lowest BCUT2D eigenvalue weighted by Gasteiger charge is -2.10. The van der Waals surface area contributed by atoms with Gasteiger partial charge in [-0.05, 0) is 29.8 Å². The Bertz CT molecular complexity index is 641. The van der Waals surface area contributed by atoms with Gasteiger partial charge in [0.25, 0.3) is 0 Å². The van der Waals surface area contributed by atoms with Crippen molar-refractivity contribution in [1.29, 1.82) is 0 Å². The van der Waals surface area contributed by atoms with E-state index in [-0.39, 0.29) is 12.1 Å². The number of carbonyl (C=O) groups is 1. The van der Waals surface area contributed by atoms with E-state index in [2.05, 4.69) is 5.32 Å². The standard InChI is InChI=1S/C14H10Cl2FNO2/c15-10-2-1-3-11(16)13(10)18-7-8-4-5-9(14(19)20)12(17)6-8/h1-6,18H,7H2,(H,19,20). The summed E-state index contributed by atoms with van der Waals surface area (Å²) in [5, 5.41) is 12.7. The quantitative estimate of drug-likeness (QED) is 0.877. The van der Waals surface area contributed by atoms with E-state index in [1.165, 1.54) is 18.2 Å². The second kappa shape index (κ2) is 6.11. The molecular formula is C14H10Cl2FNO2. The normalized spacial score (nSPS) is 10.3. The molecule has 0 fully saturated rings. The van der Waals surface area contributed by atoms with Gasteiger partial charge in [0.1, 0.15) is 5.82 Å². The van der Waals surface area contributed by atoms with Crippen LogP contribution in [-0.2, 0) is 6.54 Å². The van der Waals surface area contributed by atoms with E-state index in [9.17, 15) is 9.18 Å². The van der Waals surface area contributed by atoms with Crippen LogP contribution in [0.3, 0.4) is 0 Å². The molecule has 0 atom stereocenters. The third kappa shape index (κ3) is 3.21. The van der Waals surface area contributed by atoms with E-state index in [1.807, 2.05) is 0 Å². The maximum absolute atomic E-state index is 13.5. The van der Waals surface area contributed by atoms with Crippen LogP contribution in [-0.4, -0.2) is 11.1 Å². The Kier molecular flexibility index (Phi) is 4.47. The first-order chi connectivity index (χ1) is 9.49. The van der Waals surface area contributed by atoms with Crippen molar-refractivity contribution >= 4 is 34.9 Å². The number of hydrogen-bond acceptors (Lipinski definition) is 2. The van der Waals surface area contributed by atoms with Crippen molar-refractivity contribution in [3.63, 3.8) is 0 Å². The number of aromatic carboxylic acids is 1. The number of hydrogen-bond donors (Lipinski definition) is 2. The van der Waals surface area contributed by atoms with Crippen molar-refractivity contribution in [2.75, 3.05) is 5.32 Å². The van der Waals surface area contributed by atoms with Gasteiger partial charge in [-0.1, -0.05) is 35.3 Å². The fraction of sp³-hybridized carbons (Fsp3) is 0.0714. The van der Waals surface area contributed by atoms with Crippen LogP contribution >= 0.6 is 23.2 Å². The maximum atomic E-state index is 13.5. The molecule has 0 aliphatic heterocycles. The van der Waals surface area contributed by atoms with E-state index >= 15 is 0 Å². The molecule has 20 heavy (non-hydrogen) atoms. The van der Waals surface area contributed by atoms with Crippen LogP contribution in [0.2, 0.25) is 10.0 Å². The Balaban J connectivity index is 2.16. The van der Waals surface area contributed by atoms with Crippen molar-refractivity contribution in [1.82, 2.24) is 0 Å². The van der Waals surface area contributed by atoms with Crippen molar-refractivity contribution in [2.45, 2.75) is 6.54 Å². The molecule has 104 valence electrons. The van der Waals surface area contributed by atoms with Gasteiger partial charge in [-0.15, -0.1) is 0 Å². The summed E-state index contributed by atoms with van der Waals surface area (Å²) in [5.41, 5.74) is 0.784. The summed E-state index contributed by atoms with van der Waals surface area (Å²) in [6, 6.07) is 9.01. The summed E-state index contributed by atoms with van der Waals surface area (Å²) in [7, 11) is 0. The minimum absolute atomic E-state index is 0.278. The molecule has 3 nitrogen and oxygen atoms in total. The van der Waals surface area contributed by atoms with Gasteiger partial charge in [-0.25, -0.2) is 9.18 Å². The average molecular weight is 314 g/mol.